The molecule has 0 radical (unpaired) electrons. The minimum absolute atomic E-state index is 0.243. The summed E-state index contributed by atoms with van der Waals surface area (Å²) in [6.45, 7) is 6.45. The van der Waals surface area contributed by atoms with Crippen molar-refractivity contribution in [1.82, 2.24) is 14.5 Å². The predicted molar refractivity (Wildman–Crippen MR) is 98.5 cm³/mol. The fraction of sp³-hybridized carbons (Fsp3) is 0.350. The lowest BCUT2D eigenvalue weighted by Gasteiger charge is -2.15. The fourth-order valence-electron chi connectivity index (χ4n) is 2.98. The zero-order valence-corrected chi connectivity index (χ0v) is 15.2. The molecule has 1 aromatic carbocycles. The molecule has 2 heterocycles. The van der Waals surface area contributed by atoms with Crippen LogP contribution in [-0.4, -0.2) is 35.1 Å². The molecule has 0 aliphatic heterocycles. The van der Waals surface area contributed by atoms with Crippen molar-refractivity contribution in [2.75, 3.05) is 20.6 Å². The molecule has 25 heavy (non-hydrogen) atoms. The highest BCUT2D eigenvalue weighted by Gasteiger charge is 2.16. The van der Waals surface area contributed by atoms with Crippen molar-refractivity contribution >= 4 is 10.9 Å². The maximum atomic E-state index is 13.0. The van der Waals surface area contributed by atoms with Crippen molar-refractivity contribution in [1.29, 1.82) is 0 Å². The van der Waals surface area contributed by atoms with E-state index in [1.165, 1.54) is 28.8 Å². The van der Waals surface area contributed by atoms with Gasteiger partial charge >= 0.3 is 0 Å². The summed E-state index contributed by atoms with van der Waals surface area (Å²) in [5, 5.41) is 1.17. The van der Waals surface area contributed by atoms with Crippen LogP contribution in [0.2, 0.25) is 0 Å². The second kappa shape index (κ2) is 7.23. The van der Waals surface area contributed by atoms with Gasteiger partial charge in [0.05, 0.1) is 0 Å². The maximum absolute atomic E-state index is 13.0. The smallest absolute Gasteiger partial charge is 0.238 e. The van der Waals surface area contributed by atoms with Crippen molar-refractivity contribution in [3.63, 3.8) is 0 Å². The van der Waals surface area contributed by atoms with Gasteiger partial charge in [-0.3, -0.25) is 0 Å². The number of hydrogen-bond donors (Lipinski definition) is 0. The molecule has 0 bridgehead atoms. The normalized spacial score (nSPS) is 11.4. The second-order valence-corrected chi connectivity index (χ2v) is 6.59. The van der Waals surface area contributed by atoms with Gasteiger partial charge < -0.3 is 14.2 Å². The van der Waals surface area contributed by atoms with Gasteiger partial charge in [0.15, 0.2) is 0 Å². The van der Waals surface area contributed by atoms with Crippen LogP contribution < -0.4 is 4.74 Å². The van der Waals surface area contributed by atoms with E-state index in [1.54, 1.807) is 18.3 Å². The lowest BCUT2D eigenvalue weighted by atomic mass is 10.2. The standard InChI is InChI=1S/C20H24FN3O/c1-14-15(2)24(12-11-23(3)4)19-18(14)9-10-22-20(19)25-13-16-5-7-17(21)8-6-16/h5-10H,11-13H2,1-4H3. The molecule has 0 atom stereocenters. The van der Waals surface area contributed by atoms with Gasteiger partial charge in [0.25, 0.3) is 0 Å². The Morgan fingerprint density at radius 1 is 1.12 bits per heavy atom. The molecule has 132 valence electrons. The van der Waals surface area contributed by atoms with Crippen LogP contribution in [-0.2, 0) is 13.2 Å². The van der Waals surface area contributed by atoms with Crippen LogP contribution in [0.1, 0.15) is 16.8 Å². The molecule has 2 aromatic heterocycles. The zero-order valence-electron chi connectivity index (χ0n) is 15.2. The van der Waals surface area contributed by atoms with Crippen molar-refractivity contribution in [2.45, 2.75) is 27.0 Å². The SMILES string of the molecule is Cc1c(C)n(CCN(C)C)c2c(OCc3ccc(F)cc3)nccc12. The molecule has 0 N–H and O–H groups in total. The third-order valence-electron chi connectivity index (χ3n) is 4.57. The highest BCUT2D eigenvalue weighted by molar-refractivity contribution is 5.88. The summed E-state index contributed by atoms with van der Waals surface area (Å²) in [7, 11) is 4.14. The van der Waals surface area contributed by atoms with Gasteiger partial charge in [-0.05, 0) is 57.3 Å². The zero-order chi connectivity index (χ0) is 18.0. The Balaban J connectivity index is 1.94. The second-order valence-electron chi connectivity index (χ2n) is 6.59. The molecule has 5 heteroatoms. The maximum Gasteiger partial charge on any atom is 0.238 e. The summed E-state index contributed by atoms with van der Waals surface area (Å²) >= 11 is 0. The molecule has 0 aliphatic rings. The Kier molecular flexibility index (Phi) is 5.04. The average molecular weight is 341 g/mol. The molecule has 0 fully saturated rings. The molecule has 0 unspecified atom stereocenters. The number of aromatic nitrogens is 2. The van der Waals surface area contributed by atoms with Crippen LogP contribution in [0, 0.1) is 19.7 Å². The molecular formula is C20H24FN3O. The lowest BCUT2D eigenvalue weighted by molar-refractivity contribution is 0.295. The average Bonchev–Trinajstić information content (AvgIpc) is 2.84. The number of benzene rings is 1. The van der Waals surface area contributed by atoms with Crippen LogP contribution in [0.3, 0.4) is 0 Å². The van der Waals surface area contributed by atoms with E-state index in [-0.39, 0.29) is 5.82 Å². The van der Waals surface area contributed by atoms with Gasteiger partial charge in [0.1, 0.15) is 17.9 Å². The highest BCUT2D eigenvalue weighted by Crippen LogP contribution is 2.31. The van der Waals surface area contributed by atoms with Gasteiger partial charge in [-0.15, -0.1) is 0 Å². The van der Waals surface area contributed by atoms with E-state index >= 15 is 0 Å². The van der Waals surface area contributed by atoms with Gasteiger partial charge in [-0.1, -0.05) is 12.1 Å². The fourth-order valence-corrected chi connectivity index (χ4v) is 2.98. The predicted octanol–water partition coefficient (Wildman–Crippen LogP) is 3.93. The van der Waals surface area contributed by atoms with E-state index in [2.05, 4.69) is 42.4 Å². The van der Waals surface area contributed by atoms with Crippen LogP contribution in [0.4, 0.5) is 4.39 Å². The summed E-state index contributed by atoms with van der Waals surface area (Å²) in [5.41, 5.74) is 4.43. The number of aryl methyl sites for hydroxylation is 1. The van der Waals surface area contributed by atoms with E-state index < -0.39 is 0 Å². The molecule has 4 nitrogen and oxygen atoms in total. The van der Waals surface area contributed by atoms with Crippen molar-refractivity contribution in [3.05, 3.63) is 59.2 Å². The summed E-state index contributed by atoms with van der Waals surface area (Å²) in [5.74, 6) is 0.379. The summed E-state index contributed by atoms with van der Waals surface area (Å²) < 4.78 is 21.3. The van der Waals surface area contributed by atoms with E-state index in [9.17, 15) is 4.39 Å². The molecule has 3 rings (SSSR count). The monoisotopic (exact) mass is 341 g/mol. The van der Waals surface area contributed by atoms with Crippen LogP contribution in [0.5, 0.6) is 5.88 Å². The van der Waals surface area contributed by atoms with Gasteiger partial charge in [-0.25, -0.2) is 9.37 Å². The first-order valence-electron chi connectivity index (χ1n) is 8.43. The Hall–Kier alpha value is -2.40. The van der Waals surface area contributed by atoms with E-state index in [4.69, 9.17) is 4.74 Å². The number of rotatable bonds is 6. The molecule has 0 spiro atoms. The van der Waals surface area contributed by atoms with Crippen molar-refractivity contribution in [3.8, 4) is 5.88 Å². The van der Waals surface area contributed by atoms with Crippen molar-refractivity contribution in [2.24, 2.45) is 0 Å². The Bertz CT molecular complexity index is 869. The van der Waals surface area contributed by atoms with Crippen molar-refractivity contribution < 1.29 is 9.13 Å². The molecule has 0 saturated heterocycles. The lowest BCUT2D eigenvalue weighted by Crippen LogP contribution is -2.19. The Labute approximate surface area is 147 Å². The minimum Gasteiger partial charge on any atom is -0.471 e. The number of halogens is 1. The quantitative estimate of drug-likeness (QED) is 0.680. The molecule has 0 amide bonds. The molecule has 0 aliphatic carbocycles. The molecule has 3 aromatic rings. The Morgan fingerprint density at radius 2 is 1.84 bits per heavy atom. The molecular weight excluding hydrogens is 317 g/mol. The summed E-state index contributed by atoms with van der Waals surface area (Å²) in [6, 6.07) is 8.39. The van der Waals surface area contributed by atoms with Gasteiger partial charge in [0, 0.05) is 30.4 Å². The van der Waals surface area contributed by atoms with Gasteiger partial charge in [0.2, 0.25) is 5.88 Å². The number of fused-ring (bicyclic) bond motifs is 1. The number of ether oxygens (including phenoxy) is 1. The number of nitrogens with zero attached hydrogens (tertiary/aromatic N) is 3. The third kappa shape index (κ3) is 3.66. The first-order valence-corrected chi connectivity index (χ1v) is 8.43. The summed E-state index contributed by atoms with van der Waals surface area (Å²) in [4.78, 5) is 6.61. The largest absolute Gasteiger partial charge is 0.471 e. The third-order valence-corrected chi connectivity index (χ3v) is 4.57. The summed E-state index contributed by atoms with van der Waals surface area (Å²) in [6.07, 6.45) is 1.78. The van der Waals surface area contributed by atoms with Crippen LogP contribution in [0.15, 0.2) is 36.5 Å². The minimum atomic E-state index is -0.243. The Morgan fingerprint density at radius 3 is 2.52 bits per heavy atom. The first kappa shape index (κ1) is 17.4. The van der Waals surface area contributed by atoms with Crippen LogP contribution in [0.25, 0.3) is 10.9 Å². The van der Waals surface area contributed by atoms with Gasteiger partial charge in [-0.2, -0.15) is 0 Å². The first-order chi connectivity index (χ1) is 12.0. The van der Waals surface area contributed by atoms with E-state index in [1.807, 2.05) is 6.07 Å². The van der Waals surface area contributed by atoms with E-state index in [0.29, 0.717) is 12.5 Å². The number of pyridine rings is 1. The number of hydrogen-bond acceptors (Lipinski definition) is 3. The highest BCUT2D eigenvalue weighted by atomic mass is 19.1. The molecule has 0 saturated carbocycles. The van der Waals surface area contributed by atoms with E-state index in [0.717, 1.165) is 24.2 Å². The number of likely N-dealkylation sites (N-methyl/N-ethyl adjacent to an activating group) is 1. The van der Waals surface area contributed by atoms with Crippen LogP contribution >= 0.6 is 0 Å². The topological polar surface area (TPSA) is 30.3 Å².